The van der Waals surface area contributed by atoms with Gasteiger partial charge >= 0.3 is 0 Å². The maximum atomic E-state index is 11.8. The van der Waals surface area contributed by atoms with Crippen molar-refractivity contribution in [2.24, 2.45) is 10.9 Å². The molecular formula is C11H23N5O2. The van der Waals surface area contributed by atoms with Crippen molar-refractivity contribution in [2.45, 2.75) is 6.42 Å². The van der Waals surface area contributed by atoms with Crippen LogP contribution in [0.4, 0.5) is 0 Å². The maximum Gasteiger partial charge on any atom is 0.230 e. The monoisotopic (exact) mass is 257 g/mol. The largest absolute Gasteiger partial charge is 0.409 e. The lowest BCUT2D eigenvalue weighted by atomic mass is 10.2. The minimum absolute atomic E-state index is 0.00576. The fourth-order valence-electron chi connectivity index (χ4n) is 1.86. The summed E-state index contributed by atoms with van der Waals surface area (Å²) in [4.78, 5) is 18.0. The van der Waals surface area contributed by atoms with Crippen molar-refractivity contribution < 1.29 is 10.0 Å². The minimum atomic E-state index is -0.0717. The molecule has 3 N–H and O–H groups in total. The lowest BCUT2D eigenvalue weighted by Gasteiger charge is -2.35. The van der Waals surface area contributed by atoms with Gasteiger partial charge in [-0.2, -0.15) is 0 Å². The first-order valence-electron chi connectivity index (χ1n) is 6.14. The zero-order chi connectivity index (χ0) is 13.5. The summed E-state index contributed by atoms with van der Waals surface area (Å²) in [7, 11) is 4.10. The third kappa shape index (κ3) is 4.89. The maximum absolute atomic E-state index is 11.8. The van der Waals surface area contributed by atoms with Gasteiger partial charge in [-0.05, 0) is 14.1 Å². The van der Waals surface area contributed by atoms with Crippen LogP contribution in [-0.4, -0.2) is 85.0 Å². The van der Waals surface area contributed by atoms with Crippen molar-refractivity contribution >= 4 is 11.7 Å². The first kappa shape index (κ1) is 14.7. The third-order valence-electron chi connectivity index (χ3n) is 3.05. The highest BCUT2D eigenvalue weighted by molar-refractivity contribution is 5.98. The number of hydrogen-bond donors (Lipinski definition) is 2. The van der Waals surface area contributed by atoms with E-state index < -0.39 is 0 Å². The predicted molar refractivity (Wildman–Crippen MR) is 69.6 cm³/mol. The van der Waals surface area contributed by atoms with E-state index in [-0.39, 0.29) is 18.2 Å². The number of nitrogens with two attached hydrogens (primary N) is 1. The molecule has 0 aromatic heterocycles. The number of amidine groups is 1. The second-order valence-corrected chi connectivity index (χ2v) is 4.79. The Morgan fingerprint density at radius 2 is 1.94 bits per heavy atom. The molecule has 7 heteroatoms. The predicted octanol–water partition coefficient (Wildman–Crippen LogP) is -1.17. The zero-order valence-corrected chi connectivity index (χ0v) is 11.2. The van der Waals surface area contributed by atoms with Gasteiger partial charge in [0, 0.05) is 39.3 Å². The summed E-state index contributed by atoms with van der Waals surface area (Å²) in [6.45, 7) is 5.24. The van der Waals surface area contributed by atoms with Crippen LogP contribution in [0.5, 0.6) is 0 Å². The number of likely N-dealkylation sites (N-methyl/N-ethyl adjacent to an activating group) is 1. The van der Waals surface area contributed by atoms with Crippen LogP contribution in [0.25, 0.3) is 0 Å². The molecule has 0 radical (unpaired) electrons. The molecule has 1 saturated heterocycles. The normalized spacial score (nSPS) is 18.4. The van der Waals surface area contributed by atoms with Crippen LogP contribution < -0.4 is 5.73 Å². The molecule has 1 heterocycles. The Labute approximate surface area is 108 Å². The van der Waals surface area contributed by atoms with Crippen molar-refractivity contribution in [2.75, 3.05) is 53.4 Å². The Morgan fingerprint density at radius 1 is 1.33 bits per heavy atom. The highest BCUT2D eigenvalue weighted by Gasteiger charge is 2.21. The van der Waals surface area contributed by atoms with E-state index in [0.717, 1.165) is 26.2 Å². The summed E-state index contributed by atoms with van der Waals surface area (Å²) in [5.41, 5.74) is 5.33. The standard InChI is InChI=1S/C11H23N5O2/c1-14(2)3-4-15-5-7-16(8-6-15)11(17)9-10(12)13-18/h18H,3-9H2,1-2H3,(H2,12,13). The number of hydrogen-bond acceptors (Lipinski definition) is 5. The summed E-state index contributed by atoms with van der Waals surface area (Å²) in [6.07, 6.45) is -0.00576. The van der Waals surface area contributed by atoms with Gasteiger partial charge in [-0.1, -0.05) is 5.16 Å². The SMILES string of the molecule is CN(C)CCN1CCN(C(=O)C/C(N)=N/O)CC1. The second-order valence-electron chi connectivity index (χ2n) is 4.79. The molecule has 0 bridgehead atoms. The van der Waals surface area contributed by atoms with Crippen LogP contribution in [0.3, 0.4) is 0 Å². The molecular weight excluding hydrogens is 234 g/mol. The van der Waals surface area contributed by atoms with Gasteiger partial charge in [0.05, 0.1) is 6.42 Å². The van der Waals surface area contributed by atoms with Crippen LogP contribution >= 0.6 is 0 Å². The molecule has 18 heavy (non-hydrogen) atoms. The molecule has 0 aromatic rings. The van der Waals surface area contributed by atoms with Gasteiger partial charge in [-0.3, -0.25) is 9.69 Å². The number of oxime groups is 1. The molecule has 0 aliphatic carbocycles. The van der Waals surface area contributed by atoms with Crippen LogP contribution in [0.15, 0.2) is 5.16 Å². The lowest BCUT2D eigenvalue weighted by Crippen LogP contribution is -2.50. The van der Waals surface area contributed by atoms with Gasteiger partial charge in [-0.25, -0.2) is 0 Å². The molecule has 7 nitrogen and oxygen atoms in total. The molecule has 1 aliphatic heterocycles. The van der Waals surface area contributed by atoms with E-state index >= 15 is 0 Å². The van der Waals surface area contributed by atoms with Crippen molar-refractivity contribution in [1.29, 1.82) is 0 Å². The van der Waals surface area contributed by atoms with E-state index in [9.17, 15) is 4.79 Å². The average Bonchev–Trinajstić information content (AvgIpc) is 2.36. The average molecular weight is 257 g/mol. The van der Waals surface area contributed by atoms with Crippen LogP contribution in [0, 0.1) is 0 Å². The molecule has 1 aliphatic rings. The van der Waals surface area contributed by atoms with Gasteiger partial charge in [0.15, 0.2) is 0 Å². The Kier molecular flexibility index (Phi) is 5.87. The molecule has 0 aromatic carbocycles. The van der Waals surface area contributed by atoms with Crippen LogP contribution in [0.2, 0.25) is 0 Å². The van der Waals surface area contributed by atoms with Crippen LogP contribution in [-0.2, 0) is 4.79 Å². The van der Waals surface area contributed by atoms with Gasteiger partial charge in [-0.15, -0.1) is 0 Å². The lowest BCUT2D eigenvalue weighted by molar-refractivity contribution is -0.131. The topological polar surface area (TPSA) is 85.4 Å². The van der Waals surface area contributed by atoms with Crippen LogP contribution in [0.1, 0.15) is 6.42 Å². The van der Waals surface area contributed by atoms with Gasteiger partial charge in [0.2, 0.25) is 5.91 Å². The molecule has 0 unspecified atom stereocenters. The molecule has 1 rings (SSSR count). The highest BCUT2D eigenvalue weighted by atomic mass is 16.4. The molecule has 0 atom stereocenters. The molecule has 0 saturated carbocycles. The first-order valence-corrected chi connectivity index (χ1v) is 6.14. The smallest absolute Gasteiger partial charge is 0.230 e. The summed E-state index contributed by atoms with van der Waals surface area (Å²) in [5.74, 6) is -0.104. The molecule has 1 fully saturated rings. The summed E-state index contributed by atoms with van der Waals surface area (Å²) in [6, 6.07) is 0. The fourth-order valence-corrected chi connectivity index (χ4v) is 1.86. The Hall–Kier alpha value is -1.34. The molecule has 104 valence electrons. The van der Waals surface area contributed by atoms with E-state index in [2.05, 4.69) is 29.1 Å². The quantitative estimate of drug-likeness (QED) is 0.280. The third-order valence-corrected chi connectivity index (χ3v) is 3.05. The number of carbonyl (C=O) groups is 1. The van der Waals surface area contributed by atoms with Crippen molar-refractivity contribution in [3.05, 3.63) is 0 Å². The Morgan fingerprint density at radius 3 is 2.44 bits per heavy atom. The number of piperazine rings is 1. The number of carbonyl (C=O) groups excluding carboxylic acids is 1. The molecule has 0 spiro atoms. The van der Waals surface area contributed by atoms with Crippen molar-refractivity contribution in [1.82, 2.24) is 14.7 Å². The Balaban J connectivity index is 2.28. The zero-order valence-electron chi connectivity index (χ0n) is 11.2. The van der Waals surface area contributed by atoms with E-state index in [1.165, 1.54) is 0 Å². The highest BCUT2D eigenvalue weighted by Crippen LogP contribution is 2.03. The van der Waals surface area contributed by atoms with Crippen molar-refractivity contribution in [3.8, 4) is 0 Å². The minimum Gasteiger partial charge on any atom is -0.409 e. The fraction of sp³-hybridized carbons (Fsp3) is 0.818. The number of amides is 1. The van der Waals surface area contributed by atoms with E-state index in [4.69, 9.17) is 10.9 Å². The van der Waals surface area contributed by atoms with Crippen molar-refractivity contribution in [3.63, 3.8) is 0 Å². The van der Waals surface area contributed by atoms with E-state index in [0.29, 0.717) is 13.1 Å². The second kappa shape index (κ2) is 7.17. The van der Waals surface area contributed by atoms with Gasteiger partial charge < -0.3 is 20.7 Å². The summed E-state index contributed by atoms with van der Waals surface area (Å²) < 4.78 is 0. The number of rotatable bonds is 5. The first-order chi connectivity index (χ1) is 8.52. The summed E-state index contributed by atoms with van der Waals surface area (Å²) >= 11 is 0. The van der Waals surface area contributed by atoms with E-state index in [1.807, 2.05) is 0 Å². The number of nitrogens with zero attached hydrogens (tertiary/aromatic N) is 4. The molecule has 1 amide bonds. The van der Waals surface area contributed by atoms with Gasteiger partial charge in [0.1, 0.15) is 5.84 Å². The van der Waals surface area contributed by atoms with Gasteiger partial charge in [0.25, 0.3) is 0 Å². The summed E-state index contributed by atoms with van der Waals surface area (Å²) in [5, 5.41) is 11.2. The van der Waals surface area contributed by atoms with E-state index in [1.54, 1.807) is 4.90 Å². The Bertz CT molecular complexity index is 298.